The molecule has 0 aliphatic carbocycles. The van der Waals surface area contributed by atoms with Crippen LogP contribution in [0.5, 0.6) is 0 Å². The monoisotopic (exact) mass is 581 g/mol. The summed E-state index contributed by atoms with van der Waals surface area (Å²) in [6.45, 7) is 1.80. The van der Waals surface area contributed by atoms with Crippen LogP contribution in [0.1, 0.15) is 40.1 Å². The molecule has 40 heavy (non-hydrogen) atoms. The number of benzene rings is 3. The van der Waals surface area contributed by atoms with Crippen molar-refractivity contribution in [1.29, 1.82) is 0 Å². The molecule has 4 rings (SSSR count). The van der Waals surface area contributed by atoms with Crippen LogP contribution in [0.3, 0.4) is 0 Å². The van der Waals surface area contributed by atoms with Gasteiger partial charge in [-0.1, -0.05) is 76.9 Å². The number of carboxylic acids is 1. The van der Waals surface area contributed by atoms with Gasteiger partial charge in [0.15, 0.2) is 0 Å². The Labute approximate surface area is 240 Å². The molecule has 0 aliphatic rings. The zero-order valence-electron chi connectivity index (χ0n) is 21.3. The van der Waals surface area contributed by atoms with Crippen molar-refractivity contribution >= 4 is 41.2 Å². The molecule has 1 aromatic heterocycles. The maximum atomic E-state index is 12.8. The van der Waals surface area contributed by atoms with Gasteiger partial charge in [-0.2, -0.15) is 0 Å². The van der Waals surface area contributed by atoms with Gasteiger partial charge >= 0.3 is 12.1 Å². The number of hydrogen-bond acceptors (Lipinski definition) is 6. The number of nitrogens with zero attached hydrogens (tertiary/aromatic N) is 1. The number of alkyl carbamates (subject to hydrolysis) is 1. The molecule has 0 saturated heterocycles. The standard InChI is InChI=1S/C29H25Cl2N3O6/c1-17(22-7-3-5-9-24(22)31)40-29(38)32-15-21-16-39-34-26(21)18-10-12-19(13-11-18)27(35)33-25(28(36)37)14-20-6-2-4-8-23(20)30/h2-13,16-17,25H,14-15H2,1H3,(H,32,38)(H,33,35)(H,36,37). The van der Waals surface area contributed by atoms with E-state index in [0.29, 0.717) is 38.0 Å². The third kappa shape index (κ3) is 7.19. The molecule has 0 fully saturated rings. The Kier molecular flexibility index (Phi) is 9.42. The molecule has 0 radical (unpaired) electrons. The molecular weight excluding hydrogens is 557 g/mol. The average molecular weight is 582 g/mol. The van der Waals surface area contributed by atoms with Gasteiger partial charge in [-0.05, 0) is 36.8 Å². The van der Waals surface area contributed by atoms with Gasteiger partial charge in [0.2, 0.25) is 0 Å². The van der Waals surface area contributed by atoms with Gasteiger partial charge in [-0.25, -0.2) is 9.59 Å². The summed E-state index contributed by atoms with van der Waals surface area (Å²) in [5.41, 5.74) is 3.24. The summed E-state index contributed by atoms with van der Waals surface area (Å²) >= 11 is 12.3. The molecule has 2 atom stereocenters. The number of carbonyl (C=O) groups is 3. The first kappa shape index (κ1) is 28.7. The minimum atomic E-state index is -1.18. The largest absolute Gasteiger partial charge is 0.480 e. The van der Waals surface area contributed by atoms with Crippen molar-refractivity contribution in [2.75, 3.05) is 0 Å². The maximum absolute atomic E-state index is 12.8. The SMILES string of the molecule is CC(OC(=O)NCc1conc1-c1ccc(C(=O)NC(Cc2ccccc2Cl)C(=O)O)cc1)c1ccccc1Cl. The molecule has 11 heteroatoms. The Morgan fingerprint density at radius 2 is 1.62 bits per heavy atom. The summed E-state index contributed by atoms with van der Waals surface area (Å²) in [6, 6.07) is 19.2. The number of carboxylic acid groups (broad SMARTS) is 1. The molecular formula is C29H25Cl2N3O6. The predicted octanol–water partition coefficient (Wildman–Crippen LogP) is 6.06. The number of carbonyl (C=O) groups excluding carboxylic acids is 2. The number of aromatic nitrogens is 1. The highest BCUT2D eigenvalue weighted by Crippen LogP contribution is 2.26. The summed E-state index contributed by atoms with van der Waals surface area (Å²) in [4.78, 5) is 36.9. The fourth-order valence-corrected chi connectivity index (χ4v) is 4.47. The first-order chi connectivity index (χ1) is 19.2. The molecule has 1 heterocycles. The highest BCUT2D eigenvalue weighted by atomic mass is 35.5. The van der Waals surface area contributed by atoms with Crippen LogP contribution in [0.15, 0.2) is 83.6 Å². The van der Waals surface area contributed by atoms with Crippen molar-refractivity contribution in [2.24, 2.45) is 0 Å². The van der Waals surface area contributed by atoms with E-state index in [-0.39, 0.29) is 18.5 Å². The Bertz CT molecular complexity index is 1510. The zero-order chi connectivity index (χ0) is 28.6. The minimum absolute atomic E-state index is 0.0354. The summed E-state index contributed by atoms with van der Waals surface area (Å²) in [5, 5.41) is 19.7. The number of halogens is 2. The first-order valence-corrected chi connectivity index (χ1v) is 13.0. The minimum Gasteiger partial charge on any atom is -0.480 e. The molecule has 4 aromatic rings. The Morgan fingerprint density at radius 1 is 0.950 bits per heavy atom. The van der Waals surface area contributed by atoms with Crippen LogP contribution in [-0.2, 0) is 22.5 Å². The van der Waals surface area contributed by atoms with Crippen molar-refractivity contribution in [2.45, 2.75) is 32.0 Å². The van der Waals surface area contributed by atoms with Crippen LogP contribution < -0.4 is 10.6 Å². The summed E-state index contributed by atoms with van der Waals surface area (Å²) in [5.74, 6) is -1.73. The second-order valence-electron chi connectivity index (χ2n) is 8.85. The van der Waals surface area contributed by atoms with E-state index in [0.717, 1.165) is 0 Å². The lowest BCUT2D eigenvalue weighted by molar-refractivity contribution is -0.139. The number of hydrogen-bond donors (Lipinski definition) is 3. The van der Waals surface area contributed by atoms with E-state index in [2.05, 4.69) is 15.8 Å². The molecule has 9 nitrogen and oxygen atoms in total. The Hall–Kier alpha value is -4.34. The van der Waals surface area contributed by atoms with Crippen molar-refractivity contribution in [1.82, 2.24) is 15.8 Å². The molecule has 2 unspecified atom stereocenters. The molecule has 206 valence electrons. The summed E-state index contributed by atoms with van der Waals surface area (Å²) in [7, 11) is 0. The third-order valence-electron chi connectivity index (χ3n) is 6.10. The molecule has 3 N–H and O–H groups in total. The topological polar surface area (TPSA) is 131 Å². The Morgan fingerprint density at radius 3 is 2.30 bits per heavy atom. The van der Waals surface area contributed by atoms with Crippen LogP contribution >= 0.6 is 23.2 Å². The lowest BCUT2D eigenvalue weighted by Crippen LogP contribution is -2.42. The van der Waals surface area contributed by atoms with Crippen LogP contribution in [-0.4, -0.2) is 34.3 Å². The second kappa shape index (κ2) is 13.1. The highest BCUT2D eigenvalue weighted by molar-refractivity contribution is 6.31. The first-order valence-electron chi connectivity index (χ1n) is 12.2. The third-order valence-corrected chi connectivity index (χ3v) is 6.81. The summed E-state index contributed by atoms with van der Waals surface area (Å²) < 4.78 is 10.5. The smallest absolute Gasteiger partial charge is 0.408 e. The fraction of sp³-hybridized carbons (Fsp3) is 0.172. The number of rotatable bonds is 10. The number of ether oxygens (including phenoxy) is 1. The highest BCUT2D eigenvalue weighted by Gasteiger charge is 2.22. The van der Waals surface area contributed by atoms with Crippen LogP contribution in [0.2, 0.25) is 10.0 Å². The van der Waals surface area contributed by atoms with E-state index in [1.807, 2.05) is 6.07 Å². The number of nitrogens with one attached hydrogen (secondary N) is 2. The molecule has 0 spiro atoms. The van der Waals surface area contributed by atoms with E-state index < -0.39 is 30.1 Å². The van der Waals surface area contributed by atoms with Gasteiger partial charge in [-0.15, -0.1) is 0 Å². The van der Waals surface area contributed by atoms with Crippen LogP contribution in [0, 0.1) is 0 Å². The predicted molar refractivity (Wildman–Crippen MR) is 149 cm³/mol. The number of aliphatic carboxylic acids is 1. The van der Waals surface area contributed by atoms with Crippen molar-refractivity contribution in [3.8, 4) is 11.3 Å². The van der Waals surface area contributed by atoms with Gasteiger partial charge in [-0.3, -0.25) is 4.79 Å². The fourth-order valence-electron chi connectivity index (χ4n) is 3.96. The number of amides is 2. The lowest BCUT2D eigenvalue weighted by Gasteiger charge is -2.16. The quantitative estimate of drug-likeness (QED) is 0.207. The molecule has 2 amide bonds. The molecule has 0 saturated carbocycles. The summed E-state index contributed by atoms with van der Waals surface area (Å²) in [6.07, 6.45) is 0.240. The Balaban J connectivity index is 1.36. The van der Waals surface area contributed by atoms with E-state index in [1.165, 1.54) is 6.26 Å². The second-order valence-corrected chi connectivity index (χ2v) is 9.66. The van der Waals surface area contributed by atoms with Gasteiger partial charge in [0.05, 0.1) is 6.54 Å². The maximum Gasteiger partial charge on any atom is 0.408 e. The van der Waals surface area contributed by atoms with E-state index in [1.54, 1.807) is 73.7 Å². The van der Waals surface area contributed by atoms with Gasteiger partial charge in [0.25, 0.3) is 5.91 Å². The molecule has 0 bridgehead atoms. The van der Waals surface area contributed by atoms with Crippen LogP contribution in [0.4, 0.5) is 4.79 Å². The van der Waals surface area contributed by atoms with Crippen molar-refractivity contribution in [3.05, 3.63) is 111 Å². The van der Waals surface area contributed by atoms with Gasteiger partial charge in [0.1, 0.15) is 24.1 Å². The van der Waals surface area contributed by atoms with Crippen LogP contribution in [0.25, 0.3) is 11.3 Å². The van der Waals surface area contributed by atoms with E-state index in [4.69, 9.17) is 32.5 Å². The lowest BCUT2D eigenvalue weighted by atomic mass is 10.0. The molecule has 0 aliphatic heterocycles. The van der Waals surface area contributed by atoms with Gasteiger partial charge in [0, 0.05) is 38.7 Å². The zero-order valence-corrected chi connectivity index (χ0v) is 22.8. The molecule has 3 aromatic carbocycles. The van der Waals surface area contributed by atoms with Gasteiger partial charge < -0.3 is 25.0 Å². The average Bonchev–Trinajstić information content (AvgIpc) is 3.41. The van der Waals surface area contributed by atoms with Crippen molar-refractivity contribution < 1.29 is 28.8 Å². The van der Waals surface area contributed by atoms with E-state index in [9.17, 15) is 19.5 Å². The van der Waals surface area contributed by atoms with Crippen molar-refractivity contribution in [3.63, 3.8) is 0 Å². The van der Waals surface area contributed by atoms with E-state index >= 15 is 0 Å². The normalized spacial score (nSPS) is 12.3.